The van der Waals surface area contributed by atoms with Crippen molar-refractivity contribution >= 4 is 11.8 Å². The van der Waals surface area contributed by atoms with Gasteiger partial charge < -0.3 is 14.9 Å². The molecule has 1 saturated carbocycles. The van der Waals surface area contributed by atoms with Crippen molar-refractivity contribution in [3.8, 4) is 0 Å². The van der Waals surface area contributed by atoms with Crippen LogP contribution in [0.2, 0.25) is 0 Å². The fraction of sp³-hybridized carbons (Fsp3) is 0.733. The second-order valence-corrected chi connectivity index (χ2v) is 6.69. The van der Waals surface area contributed by atoms with Crippen LogP contribution < -0.4 is 0 Å². The first kappa shape index (κ1) is 13.8. The molecule has 2 aliphatic carbocycles. The van der Waals surface area contributed by atoms with Crippen molar-refractivity contribution in [1.82, 2.24) is 0 Å². The number of fused-ring (bicyclic) bond motifs is 3. The molecule has 1 heterocycles. The molecule has 2 fully saturated rings. The van der Waals surface area contributed by atoms with Crippen LogP contribution in [0.25, 0.3) is 0 Å². The molecule has 5 nitrogen and oxygen atoms in total. The van der Waals surface area contributed by atoms with Crippen LogP contribution in [0.15, 0.2) is 11.6 Å². The van der Waals surface area contributed by atoms with Gasteiger partial charge in [-0.3, -0.25) is 9.59 Å². The standard InChI is InChI=1S/C15H20O5/c1-6-4-8(16)12-10(6)13-11(7(2)14(18)20-13)9(17)5-15(12,3)19/h4,7,9-13,17,19H,5H2,1-3H3/t7-,9-,10-,11+,12+,13+,15+/m0/s1. The van der Waals surface area contributed by atoms with Crippen molar-refractivity contribution in [3.63, 3.8) is 0 Å². The zero-order valence-corrected chi connectivity index (χ0v) is 11.9. The van der Waals surface area contributed by atoms with E-state index in [0.29, 0.717) is 0 Å². The molecule has 1 saturated heterocycles. The van der Waals surface area contributed by atoms with E-state index in [1.807, 2.05) is 6.92 Å². The lowest BCUT2D eigenvalue weighted by molar-refractivity contribution is -0.148. The largest absolute Gasteiger partial charge is 0.461 e. The molecular weight excluding hydrogens is 260 g/mol. The summed E-state index contributed by atoms with van der Waals surface area (Å²) in [6.45, 7) is 5.15. The van der Waals surface area contributed by atoms with E-state index in [-0.39, 0.29) is 30.0 Å². The number of allylic oxidation sites excluding steroid dienone is 1. The van der Waals surface area contributed by atoms with Crippen LogP contribution in [0.1, 0.15) is 27.2 Å². The van der Waals surface area contributed by atoms with Gasteiger partial charge in [-0.05, 0) is 19.9 Å². The number of carbonyl (C=O) groups is 2. The van der Waals surface area contributed by atoms with Crippen LogP contribution in [0, 0.1) is 23.7 Å². The topological polar surface area (TPSA) is 83.8 Å². The van der Waals surface area contributed by atoms with E-state index < -0.39 is 29.6 Å². The number of ketones is 1. The van der Waals surface area contributed by atoms with E-state index in [9.17, 15) is 19.8 Å². The maximum absolute atomic E-state index is 12.2. The van der Waals surface area contributed by atoms with E-state index in [1.165, 1.54) is 6.08 Å². The molecule has 0 aromatic rings. The molecule has 3 aliphatic rings. The Hall–Kier alpha value is -1.20. The van der Waals surface area contributed by atoms with Gasteiger partial charge in [0, 0.05) is 18.3 Å². The molecule has 0 amide bonds. The quantitative estimate of drug-likeness (QED) is 0.629. The third-order valence-corrected chi connectivity index (χ3v) is 5.23. The molecule has 7 atom stereocenters. The van der Waals surface area contributed by atoms with Gasteiger partial charge in [0.15, 0.2) is 5.78 Å². The second-order valence-electron chi connectivity index (χ2n) is 6.69. The zero-order valence-electron chi connectivity index (χ0n) is 11.9. The number of esters is 1. The predicted molar refractivity (Wildman–Crippen MR) is 69.5 cm³/mol. The molecule has 0 unspecified atom stereocenters. The van der Waals surface area contributed by atoms with Gasteiger partial charge in [-0.1, -0.05) is 12.5 Å². The van der Waals surface area contributed by atoms with Crippen LogP contribution in [-0.2, 0) is 14.3 Å². The van der Waals surface area contributed by atoms with Gasteiger partial charge in [-0.2, -0.15) is 0 Å². The first-order chi connectivity index (χ1) is 9.24. The molecule has 3 rings (SSSR count). The molecule has 2 N–H and O–H groups in total. The lowest BCUT2D eigenvalue weighted by atomic mass is 9.75. The summed E-state index contributed by atoms with van der Waals surface area (Å²) in [6, 6.07) is 0. The second kappa shape index (κ2) is 4.15. The summed E-state index contributed by atoms with van der Waals surface area (Å²) in [5, 5.41) is 21.0. The zero-order chi connectivity index (χ0) is 14.8. The molecule has 0 radical (unpaired) electrons. The normalized spacial score (nSPS) is 51.1. The summed E-state index contributed by atoms with van der Waals surface area (Å²) in [5.74, 6) is -2.20. The van der Waals surface area contributed by atoms with E-state index >= 15 is 0 Å². The molecule has 0 aromatic carbocycles. The molecule has 20 heavy (non-hydrogen) atoms. The number of ether oxygens (including phenoxy) is 1. The summed E-state index contributed by atoms with van der Waals surface area (Å²) in [5.41, 5.74) is -0.461. The Labute approximate surface area is 117 Å². The Morgan fingerprint density at radius 3 is 2.70 bits per heavy atom. The van der Waals surface area contributed by atoms with Crippen molar-refractivity contribution in [3.05, 3.63) is 11.6 Å². The van der Waals surface area contributed by atoms with Gasteiger partial charge in [0.2, 0.25) is 0 Å². The number of hydrogen-bond acceptors (Lipinski definition) is 5. The first-order valence-electron chi connectivity index (χ1n) is 7.07. The molecule has 5 heteroatoms. The van der Waals surface area contributed by atoms with E-state index in [2.05, 4.69) is 0 Å². The van der Waals surface area contributed by atoms with Crippen LogP contribution in [0.4, 0.5) is 0 Å². The highest BCUT2D eigenvalue weighted by atomic mass is 16.6. The summed E-state index contributed by atoms with van der Waals surface area (Å²) in [7, 11) is 0. The summed E-state index contributed by atoms with van der Waals surface area (Å²) < 4.78 is 5.45. The van der Waals surface area contributed by atoms with Crippen molar-refractivity contribution in [2.24, 2.45) is 23.7 Å². The van der Waals surface area contributed by atoms with E-state index in [4.69, 9.17) is 4.74 Å². The van der Waals surface area contributed by atoms with Gasteiger partial charge in [0.1, 0.15) is 6.10 Å². The third-order valence-electron chi connectivity index (χ3n) is 5.23. The minimum atomic E-state index is -1.29. The number of hydrogen-bond donors (Lipinski definition) is 2. The average molecular weight is 280 g/mol. The number of aliphatic hydroxyl groups excluding tert-OH is 1. The summed E-state index contributed by atoms with van der Waals surface area (Å²) in [4.78, 5) is 24.0. The van der Waals surface area contributed by atoms with Crippen molar-refractivity contribution in [2.75, 3.05) is 0 Å². The molecule has 0 bridgehead atoms. The van der Waals surface area contributed by atoms with Crippen molar-refractivity contribution in [1.29, 1.82) is 0 Å². The van der Waals surface area contributed by atoms with Crippen LogP contribution >= 0.6 is 0 Å². The van der Waals surface area contributed by atoms with Crippen LogP contribution in [0.5, 0.6) is 0 Å². The Bertz CT molecular complexity index is 506. The van der Waals surface area contributed by atoms with Gasteiger partial charge in [0.05, 0.1) is 23.5 Å². The molecular formula is C15H20O5. The minimum Gasteiger partial charge on any atom is -0.461 e. The SMILES string of the molecule is CC1=CC(=O)[C@@H]2[C@H]1[C@H]1OC(=O)[C@@H](C)[C@@H]1[C@@H](O)C[C@@]2(C)O. The third kappa shape index (κ3) is 1.69. The highest BCUT2D eigenvalue weighted by Crippen LogP contribution is 2.51. The Balaban J connectivity index is 2.09. The lowest BCUT2D eigenvalue weighted by Crippen LogP contribution is -2.43. The highest BCUT2D eigenvalue weighted by molar-refractivity contribution is 5.96. The van der Waals surface area contributed by atoms with Crippen molar-refractivity contribution in [2.45, 2.75) is 45.0 Å². The average Bonchev–Trinajstić information content (AvgIpc) is 2.73. The van der Waals surface area contributed by atoms with Crippen LogP contribution in [-0.4, -0.2) is 39.8 Å². The van der Waals surface area contributed by atoms with Gasteiger partial charge in [0.25, 0.3) is 0 Å². The number of aliphatic hydroxyl groups is 2. The lowest BCUT2D eigenvalue weighted by Gasteiger charge is -2.33. The maximum atomic E-state index is 12.2. The smallest absolute Gasteiger partial charge is 0.309 e. The molecule has 0 aromatic heterocycles. The number of carbonyl (C=O) groups excluding carboxylic acids is 2. The molecule has 110 valence electrons. The maximum Gasteiger partial charge on any atom is 0.309 e. The van der Waals surface area contributed by atoms with Gasteiger partial charge >= 0.3 is 5.97 Å². The number of rotatable bonds is 0. The minimum absolute atomic E-state index is 0.0865. The highest BCUT2D eigenvalue weighted by Gasteiger charge is 2.60. The van der Waals surface area contributed by atoms with E-state index in [1.54, 1.807) is 13.8 Å². The van der Waals surface area contributed by atoms with Crippen molar-refractivity contribution < 1.29 is 24.5 Å². The van der Waals surface area contributed by atoms with Gasteiger partial charge in [-0.15, -0.1) is 0 Å². The predicted octanol–water partition coefficient (Wildman–Crippen LogP) is 0.441. The fourth-order valence-corrected chi connectivity index (χ4v) is 4.31. The molecule has 1 aliphatic heterocycles. The fourth-order valence-electron chi connectivity index (χ4n) is 4.31. The van der Waals surface area contributed by atoms with Gasteiger partial charge in [-0.25, -0.2) is 0 Å². The summed E-state index contributed by atoms with van der Waals surface area (Å²) in [6.07, 6.45) is 0.260. The molecule has 0 spiro atoms. The first-order valence-corrected chi connectivity index (χ1v) is 7.07. The Morgan fingerprint density at radius 1 is 1.40 bits per heavy atom. The van der Waals surface area contributed by atoms with E-state index in [0.717, 1.165) is 5.57 Å². The Morgan fingerprint density at radius 2 is 2.05 bits per heavy atom. The summed E-state index contributed by atoms with van der Waals surface area (Å²) >= 11 is 0. The Kier molecular flexibility index (Phi) is 2.86. The monoisotopic (exact) mass is 280 g/mol. The van der Waals surface area contributed by atoms with Crippen LogP contribution in [0.3, 0.4) is 0 Å².